The molecule has 1 amide bonds. The molecule has 0 heterocycles. The van der Waals surface area contributed by atoms with Crippen LogP contribution in [0, 0.1) is 11.3 Å². The number of amides is 1. The summed E-state index contributed by atoms with van der Waals surface area (Å²) in [5.41, 5.74) is 8.02. The maximum absolute atomic E-state index is 11.8. The van der Waals surface area contributed by atoms with E-state index in [4.69, 9.17) is 11.0 Å². The summed E-state index contributed by atoms with van der Waals surface area (Å²) in [7, 11) is 3.41. The average molecular weight is 260 g/mol. The zero-order valence-electron chi connectivity index (χ0n) is 11.7. The third kappa shape index (κ3) is 3.62. The van der Waals surface area contributed by atoms with Crippen LogP contribution in [0.5, 0.6) is 0 Å². The maximum atomic E-state index is 11.8. The predicted molar refractivity (Wildman–Crippen MR) is 77.0 cm³/mol. The molecule has 0 fully saturated rings. The van der Waals surface area contributed by atoms with Crippen LogP contribution in [0.3, 0.4) is 0 Å². The van der Waals surface area contributed by atoms with Crippen LogP contribution in [0.4, 0.5) is 11.4 Å². The average Bonchev–Trinajstić information content (AvgIpc) is 2.39. The summed E-state index contributed by atoms with van der Waals surface area (Å²) < 4.78 is 0. The first-order valence-electron chi connectivity index (χ1n) is 6.24. The number of nitrogen functional groups attached to an aromatic ring is 1. The molecule has 0 spiro atoms. The van der Waals surface area contributed by atoms with E-state index in [-0.39, 0.29) is 5.91 Å². The van der Waals surface area contributed by atoms with E-state index in [2.05, 4.69) is 6.07 Å². The lowest BCUT2D eigenvalue weighted by Crippen LogP contribution is -2.25. The molecule has 102 valence electrons. The van der Waals surface area contributed by atoms with E-state index in [0.29, 0.717) is 24.2 Å². The number of carbonyl (C=O) groups excluding carboxylic acids is 1. The van der Waals surface area contributed by atoms with E-state index in [0.717, 1.165) is 12.2 Å². The highest BCUT2D eigenvalue weighted by Gasteiger charge is 2.12. The topological polar surface area (TPSA) is 73.4 Å². The number of carbonyl (C=O) groups is 1. The molecule has 19 heavy (non-hydrogen) atoms. The van der Waals surface area contributed by atoms with Gasteiger partial charge < -0.3 is 15.5 Å². The number of hydrogen-bond acceptors (Lipinski definition) is 4. The smallest absolute Gasteiger partial charge is 0.253 e. The molecular formula is C14H20N4O. The van der Waals surface area contributed by atoms with Crippen molar-refractivity contribution in [2.24, 2.45) is 0 Å². The number of nitrogens with zero attached hydrogens (tertiary/aromatic N) is 3. The van der Waals surface area contributed by atoms with Gasteiger partial charge in [0.25, 0.3) is 5.91 Å². The minimum Gasteiger partial charge on any atom is -0.397 e. The number of nitriles is 1. The summed E-state index contributed by atoms with van der Waals surface area (Å²) in [6.45, 7) is 3.42. The van der Waals surface area contributed by atoms with E-state index in [1.54, 1.807) is 26.2 Å². The molecule has 0 atom stereocenters. The van der Waals surface area contributed by atoms with Gasteiger partial charge in [0.15, 0.2) is 0 Å². The van der Waals surface area contributed by atoms with Crippen molar-refractivity contribution in [2.45, 2.75) is 13.3 Å². The first-order chi connectivity index (χ1) is 9.01. The summed E-state index contributed by atoms with van der Waals surface area (Å²) in [5.74, 6) is -0.0710. The van der Waals surface area contributed by atoms with Crippen LogP contribution < -0.4 is 10.6 Å². The van der Waals surface area contributed by atoms with Crippen molar-refractivity contribution >= 4 is 17.3 Å². The summed E-state index contributed by atoms with van der Waals surface area (Å²) in [4.78, 5) is 15.4. The lowest BCUT2D eigenvalue weighted by atomic mass is 10.1. The summed E-state index contributed by atoms with van der Waals surface area (Å²) in [6.07, 6.45) is 0.450. The summed E-state index contributed by atoms with van der Waals surface area (Å²) in [6, 6.07) is 7.42. The Morgan fingerprint density at radius 3 is 2.58 bits per heavy atom. The number of rotatable bonds is 5. The van der Waals surface area contributed by atoms with Crippen LogP contribution in [0.15, 0.2) is 18.2 Å². The van der Waals surface area contributed by atoms with Crippen LogP contribution in [-0.2, 0) is 0 Å². The van der Waals surface area contributed by atoms with E-state index in [1.807, 2.05) is 17.9 Å². The van der Waals surface area contributed by atoms with Gasteiger partial charge in [-0.15, -0.1) is 0 Å². The van der Waals surface area contributed by atoms with Gasteiger partial charge in [-0.25, -0.2) is 0 Å². The van der Waals surface area contributed by atoms with Crippen LogP contribution >= 0.6 is 0 Å². The Labute approximate surface area is 114 Å². The molecule has 0 radical (unpaired) electrons. The standard InChI is InChI=1S/C14H20N4O/c1-4-18(9-5-8-15)13-7-6-11(10-12(13)16)14(19)17(2)3/h6-7,10H,4-5,9,16H2,1-3H3. The Hall–Kier alpha value is -2.22. The minimum atomic E-state index is -0.0710. The Balaban J connectivity index is 2.99. The van der Waals surface area contributed by atoms with E-state index >= 15 is 0 Å². The molecule has 0 unspecified atom stereocenters. The molecule has 0 aliphatic carbocycles. The van der Waals surface area contributed by atoms with E-state index in [1.165, 1.54) is 4.90 Å². The van der Waals surface area contributed by atoms with Crippen molar-refractivity contribution in [1.82, 2.24) is 4.90 Å². The highest BCUT2D eigenvalue weighted by molar-refractivity contribution is 5.95. The molecule has 1 aromatic carbocycles. The molecule has 5 nitrogen and oxygen atoms in total. The Morgan fingerprint density at radius 1 is 1.42 bits per heavy atom. The normalized spacial score (nSPS) is 9.79. The van der Waals surface area contributed by atoms with Crippen molar-refractivity contribution in [3.8, 4) is 6.07 Å². The molecule has 1 aromatic rings. The SMILES string of the molecule is CCN(CCC#N)c1ccc(C(=O)N(C)C)cc1N. The minimum absolute atomic E-state index is 0.0710. The molecule has 2 N–H and O–H groups in total. The van der Waals surface area contributed by atoms with Gasteiger partial charge >= 0.3 is 0 Å². The molecule has 5 heteroatoms. The van der Waals surface area contributed by atoms with Gasteiger partial charge in [0.05, 0.1) is 23.9 Å². The second kappa shape index (κ2) is 6.64. The number of hydrogen-bond donors (Lipinski definition) is 1. The van der Waals surface area contributed by atoms with Gasteiger partial charge in [0, 0.05) is 32.7 Å². The van der Waals surface area contributed by atoms with Crippen molar-refractivity contribution in [3.63, 3.8) is 0 Å². The summed E-state index contributed by atoms with van der Waals surface area (Å²) in [5, 5.41) is 8.65. The highest BCUT2D eigenvalue weighted by Crippen LogP contribution is 2.24. The van der Waals surface area contributed by atoms with Crippen LogP contribution in [0.2, 0.25) is 0 Å². The molecular weight excluding hydrogens is 240 g/mol. The second-order valence-corrected chi connectivity index (χ2v) is 4.46. The molecule has 1 rings (SSSR count). The first-order valence-corrected chi connectivity index (χ1v) is 6.24. The van der Waals surface area contributed by atoms with E-state index in [9.17, 15) is 4.79 Å². The second-order valence-electron chi connectivity index (χ2n) is 4.46. The third-order valence-electron chi connectivity index (χ3n) is 2.90. The van der Waals surface area contributed by atoms with Gasteiger partial charge in [-0.1, -0.05) is 0 Å². The van der Waals surface area contributed by atoms with Gasteiger partial charge in [0.1, 0.15) is 0 Å². The predicted octanol–water partition coefficient (Wildman–Crippen LogP) is 1.71. The highest BCUT2D eigenvalue weighted by atomic mass is 16.2. The lowest BCUT2D eigenvalue weighted by molar-refractivity contribution is 0.0827. The molecule has 0 bridgehead atoms. The number of benzene rings is 1. The van der Waals surface area contributed by atoms with Crippen molar-refractivity contribution in [2.75, 3.05) is 37.8 Å². The van der Waals surface area contributed by atoms with Crippen LogP contribution in [-0.4, -0.2) is 38.0 Å². The van der Waals surface area contributed by atoms with Gasteiger partial charge in [-0.3, -0.25) is 4.79 Å². The quantitative estimate of drug-likeness (QED) is 0.818. The van der Waals surface area contributed by atoms with Gasteiger partial charge in [-0.05, 0) is 25.1 Å². The number of nitrogens with two attached hydrogens (primary N) is 1. The van der Waals surface area contributed by atoms with Gasteiger partial charge in [-0.2, -0.15) is 5.26 Å². The summed E-state index contributed by atoms with van der Waals surface area (Å²) >= 11 is 0. The zero-order chi connectivity index (χ0) is 14.4. The molecule has 0 aliphatic rings. The molecule has 0 aliphatic heterocycles. The molecule has 0 aromatic heterocycles. The largest absolute Gasteiger partial charge is 0.397 e. The van der Waals surface area contributed by atoms with E-state index < -0.39 is 0 Å². The fraction of sp³-hybridized carbons (Fsp3) is 0.429. The monoisotopic (exact) mass is 260 g/mol. The fourth-order valence-corrected chi connectivity index (χ4v) is 1.87. The van der Waals surface area contributed by atoms with Crippen LogP contribution in [0.25, 0.3) is 0 Å². The van der Waals surface area contributed by atoms with Crippen molar-refractivity contribution in [1.29, 1.82) is 5.26 Å². The van der Waals surface area contributed by atoms with Crippen molar-refractivity contribution < 1.29 is 4.79 Å². The zero-order valence-corrected chi connectivity index (χ0v) is 11.7. The van der Waals surface area contributed by atoms with Crippen LogP contribution in [0.1, 0.15) is 23.7 Å². The molecule has 0 saturated heterocycles. The Kier molecular flexibility index (Phi) is 5.19. The Morgan fingerprint density at radius 2 is 2.11 bits per heavy atom. The lowest BCUT2D eigenvalue weighted by Gasteiger charge is -2.24. The van der Waals surface area contributed by atoms with Gasteiger partial charge in [0.2, 0.25) is 0 Å². The Bertz CT molecular complexity index is 491. The maximum Gasteiger partial charge on any atom is 0.253 e. The first kappa shape index (κ1) is 14.8. The van der Waals surface area contributed by atoms with Crippen molar-refractivity contribution in [3.05, 3.63) is 23.8 Å². The molecule has 0 saturated carbocycles. The number of anilines is 2. The third-order valence-corrected chi connectivity index (χ3v) is 2.90. The fourth-order valence-electron chi connectivity index (χ4n) is 1.87.